The summed E-state index contributed by atoms with van der Waals surface area (Å²) in [6, 6.07) is 0. The fraction of sp³-hybridized carbons (Fsp3) is 0.455. The van der Waals surface area contributed by atoms with E-state index in [-0.39, 0.29) is 0 Å². The van der Waals surface area contributed by atoms with Crippen LogP contribution in [-0.2, 0) is 11.1 Å². The van der Waals surface area contributed by atoms with Gasteiger partial charge >= 0.3 is 0 Å². The van der Waals surface area contributed by atoms with Crippen LogP contribution in [0.25, 0.3) is 0 Å². The highest BCUT2D eigenvalue weighted by Gasteiger charge is 2.07. The van der Waals surface area contributed by atoms with Crippen molar-refractivity contribution >= 4 is 11.1 Å². The predicted octanol–water partition coefficient (Wildman–Crippen LogP) is 2.54. The number of allylic oxidation sites excluding steroid dienone is 5. The Morgan fingerprint density at radius 3 is 2.64 bits per heavy atom. The van der Waals surface area contributed by atoms with Gasteiger partial charge in [-0.05, 0) is 34.6 Å². The van der Waals surface area contributed by atoms with Crippen molar-refractivity contribution in [2.24, 2.45) is 11.8 Å². The van der Waals surface area contributed by atoms with Crippen molar-refractivity contribution in [1.82, 2.24) is 0 Å². The highest BCUT2D eigenvalue weighted by molar-refractivity contribution is 7.83. The van der Waals surface area contributed by atoms with Gasteiger partial charge in [-0.2, -0.15) is 0 Å². The minimum absolute atomic E-state index is 0.296. The van der Waals surface area contributed by atoms with E-state index >= 15 is 0 Å². The van der Waals surface area contributed by atoms with E-state index in [0.29, 0.717) is 16.7 Å². The van der Waals surface area contributed by atoms with E-state index in [1.165, 1.54) is 0 Å². The summed E-state index contributed by atoms with van der Waals surface area (Å²) in [5, 5.41) is 0. The zero-order chi connectivity index (χ0) is 10.7. The molecule has 14 heavy (non-hydrogen) atoms. The molecule has 0 bridgehead atoms. The lowest BCUT2D eigenvalue weighted by atomic mass is 9.99. The molecule has 2 nitrogen and oxygen atoms in total. The zero-order valence-electron chi connectivity index (χ0n) is 8.69. The average molecular weight is 211 g/mol. The molecule has 3 heteroatoms. The largest absolute Gasteiger partial charge is 0.768 e. The minimum atomic E-state index is -2.13. The van der Waals surface area contributed by atoms with Crippen LogP contribution in [0.3, 0.4) is 0 Å². The van der Waals surface area contributed by atoms with E-state index < -0.39 is 11.1 Å². The van der Waals surface area contributed by atoms with E-state index in [9.17, 15) is 8.76 Å². The molecule has 1 aliphatic carbocycles. The van der Waals surface area contributed by atoms with Gasteiger partial charge in [-0.1, -0.05) is 39.0 Å². The standard InChI is InChI=1S/C11H16O2S/c1-8(2)10-6-9(3)4-5-11(7-10)14(12)13/h4-9H,1-3H3,(H,12,13)/p-1. The predicted molar refractivity (Wildman–Crippen MR) is 58.2 cm³/mol. The summed E-state index contributed by atoms with van der Waals surface area (Å²) >= 11 is -2.13. The smallest absolute Gasteiger partial charge is 0.0248 e. The van der Waals surface area contributed by atoms with Crippen LogP contribution in [0, 0.1) is 11.8 Å². The highest BCUT2D eigenvalue weighted by Crippen LogP contribution is 2.21. The molecule has 0 radical (unpaired) electrons. The monoisotopic (exact) mass is 211 g/mol. The Labute approximate surface area is 87.7 Å². The third-order valence-electron chi connectivity index (χ3n) is 2.19. The van der Waals surface area contributed by atoms with Gasteiger partial charge in [-0.3, -0.25) is 4.21 Å². The Balaban J connectivity index is 3.05. The van der Waals surface area contributed by atoms with Crippen molar-refractivity contribution in [2.75, 3.05) is 0 Å². The third kappa shape index (κ3) is 2.93. The molecule has 1 rings (SSSR count). The summed E-state index contributed by atoms with van der Waals surface area (Å²) in [7, 11) is 0. The molecule has 0 heterocycles. The lowest BCUT2D eigenvalue weighted by Gasteiger charge is -2.09. The lowest BCUT2D eigenvalue weighted by Crippen LogP contribution is -1.95. The van der Waals surface area contributed by atoms with E-state index in [1.807, 2.05) is 13.0 Å². The van der Waals surface area contributed by atoms with Gasteiger partial charge in [0.25, 0.3) is 0 Å². The molecular weight excluding hydrogens is 196 g/mol. The van der Waals surface area contributed by atoms with Gasteiger partial charge in [0.05, 0.1) is 0 Å². The molecule has 0 aliphatic heterocycles. The normalized spacial score (nSPS) is 24.2. The van der Waals surface area contributed by atoms with Gasteiger partial charge in [0.1, 0.15) is 0 Å². The molecule has 0 aromatic rings. The molecule has 78 valence electrons. The van der Waals surface area contributed by atoms with Crippen molar-refractivity contribution in [2.45, 2.75) is 20.8 Å². The number of hydrogen-bond donors (Lipinski definition) is 0. The van der Waals surface area contributed by atoms with Crippen LogP contribution in [0.4, 0.5) is 0 Å². The number of hydrogen-bond acceptors (Lipinski definition) is 2. The first-order valence-corrected chi connectivity index (χ1v) is 5.79. The van der Waals surface area contributed by atoms with E-state index in [0.717, 1.165) is 5.57 Å². The van der Waals surface area contributed by atoms with Crippen LogP contribution in [0.5, 0.6) is 0 Å². The zero-order valence-corrected chi connectivity index (χ0v) is 9.51. The quantitative estimate of drug-likeness (QED) is 0.658. The Hall–Kier alpha value is -0.670. The summed E-state index contributed by atoms with van der Waals surface area (Å²) in [6.45, 7) is 6.17. The van der Waals surface area contributed by atoms with Crippen molar-refractivity contribution in [3.8, 4) is 0 Å². The van der Waals surface area contributed by atoms with Gasteiger partial charge in [-0.15, -0.1) is 0 Å². The molecule has 0 saturated heterocycles. The maximum atomic E-state index is 10.8. The summed E-state index contributed by atoms with van der Waals surface area (Å²) in [4.78, 5) is 0.370. The highest BCUT2D eigenvalue weighted by atomic mass is 32.2. The molecule has 0 aromatic carbocycles. The van der Waals surface area contributed by atoms with Gasteiger partial charge < -0.3 is 4.55 Å². The molecule has 0 N–H and O–H groups in total. The van der Waals surface area contributed by atoms with Gasteiger partial charge in [0.15, 0.2) is 0 Å². The molecule has 0 spiro atoms. The fourth-order valence-corrected chi connectivity index (χ4v) is 1.75. The first kappa shape index (κ1) is 11.4. The van der Waals surface area contributed by atoms with Crippen molar-refractivity contribution in [3.63, 3.8) is 0 Å². The first-order valence-electron chi connectivity index (χ1n) is 4.71. The lowest BCUT2D eigenvalue weighted by molar-refractivity contribution is 0.544. The second-order valence-electron chi connectivity index (χ2n) is 3.82. The van der Waals surface area contributed by atoms with Crippen LogP contribution in [0.1, 0.15) is 20.8 Å². The maximum Gasteiger partial charge on any atom is 0.0248 e. The van der Waals surface area contributed by atoms with Crippen LogP contribution in [-0.4, -0.2) is 8.76 Å². The minimum Gasteiger partial charge on any atom is -0.768 e. The summed E-state index contributed by atoms with van der Waals surface area (Å²) in [5.41, 5.74) is 1.08. The van der Waals surface area contributed by atoms with Crippen LogP contribution in [0.15, 0.2) is 34.8 Å². The molecule has 0 aromatic heterocycles. The van der Waals surface area contributed by atoms with Gasteiger partial charge in [0, 0.05) is 4.91 Å². The van der Waals surface area contributed by atoms with E-state index in [1.54, 1.807) is 12.2 Å². The second kappa shape index (κ2) is 4.71. The molecule has 2 atom stereocenters. The molecule has 1 aliphatic rings. The third-order valence-corrected chi connectivity index (χ3v) is 2.83. The van der Waals surface area contributed by atoms with Crippen molar-refractivity contribution in [3.05, 3.63) is 34.8 Å². The Morgan fingerprint density at radius 2 is 2.14 bits per heavy atom. The molecule has 0 saturated carbocycles. The molecular formula is C11H15O2S-. The number of rotatable bonds is 2. The van der Waals surface area contributed by atoms with Crippen LogP contribution >= 0.6 is 0 Å². The Morgan fingerprint density at radius 1 is 1.50 bits per heavy atom. The summed E-state index contributed by atoms with van der Waals surface area (Å²) in [6.07, 6.45) is 7.41. The summed E-state index contributed by atoms with van der Waals surface area (Å²) < 4.78 is 21.7. The Kier molecular flexibility index (Phi) is 3.84. The van der Waals surface area contributed by atoms with Gasteiger partial charge in [-0.25, -0.2) is 0 Å². The fourth-order valence-electron chi connectivity index (χ4n) is 1.33. The van der Waals surface area contributed by atoms with E-state index in [4.69, 9.17) is 0 Å². The van der Waals surface area contributed by atoms with Gasteiger partial charge in [0.2, 0.25) is 0 Å². The van der Waals surface area contributed by atoms with Crippen molar-refractivity contribution < 1.29 is 8.76 Å². The SMILES string of the molecule is CC1C=CC(S(=O)[O-])=CC(C(C)C)=C1. The molecule has 0 amide bonds. The average Bonchev–Trinajstić information content (AvgIpc) is 2.26. The molecule has 0 fully saturated rings. The maximum absolute atomic E-state index is 10.8. The second-order valence-corrected chi connectivity index (χ2v) is 4.76. The summed E-state index contributed by atoms with van der Waals surface area (Å²) in [5.74, 6) is 0.653. The Bertz CT molecular complexity index is 324. The van der Waals surface area contributed by atoms with Crippen molar-refractivity contribution in [1.29, 1.82) is 0 Å². The van der Waals surface area contributed by atoms with E-state index in [2.05, 4.69) is 19.9 Å². The topological polar surface area (TPSA) is 40.1 Å². The van der Waals surface area contributed by atoms with Crippen LogP contribution in [0.2, 0.25) is 0 Å². The van der Waals surface area contributed by atoms with Crippen LogP contribution < -0.4 is 0 Å². The first-order chi connectivity index (χ1) is 6.50. The molecule has 2 unspecified atom stereocenters.